The monoisotopic (exact) mass is 354 g/mol. The van der Waals surface area contributed by atoms with Gasteiger partial charge in [0.1, 0.15) is 6.54 Å². The second-order valence-corrected chi connectivity index (χ2v) is 6.60. The minimum Gasteiger partial charge on any atom is -0.453 e. The fraction of sp³-hybridized carbons (Fsp3) is 0.778. The summed E-state index contributed by atoms with van der Waals surface area (Å²) in [4.78, 5) is 27.6. The molecule has 7 nitrogen and oxygen atoms in total. The smallest absolute Gasteiger partial charge is 0.407 e. The van der Waals surface area contributed by atoms with Crippen LogP contribution in [0.2, 0.25) is 0 Å². The molecule has 0 saturated carbocycles. The summed E-state index contributed by atoms with van der Waals surface area (Å²) in [7, 11) is 3.35. The number of likely N-dealkylation sites (tertiary alicyclic amines) is 1. The molecule has 7 heteroatoms. The zero-order valence-corrected chi connectivity index (χ0v) is 16.3. The van der Waals surface area contributed by atoms with Crippen LogP contribution in [0.5, 0.6) is 0 Å². The predicted octanol–water partition coefficient (Wildman–Crippen LogP) is 2.25. The van der Waals surface area contributed by atoms with Crippen LogP contribution < -0.4 is 10.6 Å². The Morgan fingerprint density at radius 1 is 1.36 bits per heavy atom. The normalized spacial score (nSPS) is 22.4. The minimum absolute atomic E-state index is 0.00557. The maximum atomic E-state index is 12.4. The molecule has 1 saturated heterocycles. The van der Waals surface area contributed by atoms with E-state index in [4.69, 9.17) is 0 Å². The molecule has 25 heavy (non-hydrogen) atoms. The lowest BCUT2D eigenvalue weighted by atomic mass is 9.97. The van der Waals surface area contributed by atoms with Gasteiger partial charge in [0.2, 0.25) is 5.91 Å². The molecule has 0 spiro atoms. The SMILES string of the molecule is CCC.COC(=O)NCC(=O)N1CCCCC1CC1NC=C(C)N1C. The molecule has 0 aromatic heterocycles. The number of hydrogen-bond acceptors (Lipinski definition) is 5. The lowest BCUT2D eigenvalue weighted by Crippen LogP contribution is -2.51. The van der Waals surface area contributed by atoms with Gasteiger partial charge in [-0.05, 0) is 26.2 Å². The van der Waals surface area contributed by atoms with E-state index in [0.717, 1.165) is 32.2 Å². The first-order valence-electron chi connectivity index (χ1n) is 9.21. The number of nitrogens with one attached hydrogen (secondary N) is 2. The summed E-state index contributed by atoms with van der Waals surface area (Å²) in [6.07, 6.45) is 6.97. The standard InChI is InChI=1S/C15H26N4O3.C3H8/c1-11-9-16-13(18(11)2)8-12-6-4-5-7-19(12)14(20)10-17-15(21)22-3;1-3-2/h9,12-13,16H,4-8,10H2,1-3H3,(H,17,21);3H2,1-2H3. The zero-order chi connectivity index (χ0) is 18.8. The van der Waals surface area contributed by atoms with Crippen molar-refractivity contribution >= 4 is 12.0 Å². The number of allylic oxidation sites excluding steroid dienone is 1. The van der Waals surface area contributed by atoms with Crippen LogP contribution in [0, 0.1) is 0 Å². The van der Waals surface area contributed by atoms with E-state index in [2.05, 4.69) is 48.1 Å². The van der Waals surface area contributed by atoms with E-state index in [9.17, 15) is 9.59 Å². The second-order valence-electron chi connectivity index (χ2n) is 6.60. The molecule has 2 rings (SSSR count). The second kappa shape index (κ2) is 10.8. The molecular formula is C18H34N4O3. The number of piperidine rings is 1. The molecule has 2 atom stereocenters. The van der Waals surface area contributed by atoms with E-state index in [1.807, 2.05) is 11.1 Å². The summed E-state index contributed by atoms with van der Waals surface area (Å²) in [6, 6.07) is 0.208. The van der Waals surface area contributed by atoms with Crippen LogP contribution >= 0.6 is 0 Å². The van der Waals surface area contributed by atoms with E-state index in [-0.39, 0.29) is 24.7 Å². The maximum Gasteiger partial charge on any atom is 0.407 e. The molecule has 144 valence electrons. The van der Waals surface area contributed by atoms with Crippen LogP contribution in [-0.2, 0) is 9.53 Å². The summed E-state index contributed by atoms with van der Waals surface area (Å²) in [5, 5.41) is 5.83. The molecule has 2 unspecified atom stereocenters. The van der Waals surface area contributed by atoms with E-state index < -0.39 is 6.09 Å². The van der Waals surface area contributed by atoms with Gasteiger partial charge in [-0.1, -0.05) is 20.3 Å². The third kappa shape index (κ3) is 6.48. The third-order valence-electron chi connectivity index (χ3n) is 4.52. The highest BCUT2D eigenvalue weighted by Gasteiger charge is 2.31. The highest BCUT2D eigenvalue weighted by Crippen LogP contribution is 2.24. The summed E-state index contributed by atoms with van der Waals surface area (Å²) in [6.45, 7) is 7.07. The molecule has 0 aromatic carbocycles. The highest BCUT2D eigenvalue weighted by atomic mass is 16.5. The Balaban J connectivity index is 0.000000970. The summed E-state index contributed by atoms with van der Waals surface area (Å²) in [5.74, 6) is -0.0413. The number of nitrogens with zero attached hydrogens (tertiary/aromatic N) is 2. The summed E-state index contributed by atoms with van der Waals surface area (Å²) < 4.78 is 4.50. The van der Waals surface area contributed by atoms with Crippen molar-refractivity contribution in [2.45, 2.75) is 65.1 Å². The Hall–Kier alpha value is -1.92. The first-order valence-corrected chi connectivity index (χ1v) is 9.21. The molecular weight excluding hydrogens is 320 g/mol. The van der Waals surface area contributed by atoms with Crippen LogP contribution in [0.3, 0.4) is 0 Å². The van der Waals surface area contributed by atoms with Gasteiger partial charge in [-0.15, -0.1) is 0 Å². The molecule has 2 heterocycles. The average molecular weight is 354 g/mol. The van der Waals surface area contributed by atoms with Gasteiger partial charge < -0.3 is 25.2 Å². The molecule has 0 aromatic rings. The first kappa shape index (κ1) is 21.1. The van der Waals surface area contributed by atoms with Gasteiger partial charge in [0.05, 0.1) is 13.3 Å². The Bertz CT molecular complexity index is 467. The number of methoxy groups -OCH3 is 1. The molecule has 0 radical (unpaired) electrons. The Morgan fingerprint density at radius 3 is 2.60 bits per heavy atom. The molecule has 2 amide bonds. The number of alkyl carbamates (subject to hydrolysis) is 1. The van der Waals surface area contributed by atoms with Crippen molar-refractivity contribution in [2.75, 3.05) is 27.2 Å². The quantitative estimate of drug-likeness (QED) is 0.810. The number of carbonyl (C=O) groups excluding carboxylic acids is 2. The van der Waals surface area contributed by atoms with Crippen molar-refractivity contribution in [3.63, 3.8) is 0 Å². The van der Waals surface area contributed by atoms with Crippen molar-refractivity contribution in [3.8, 4) is 0 Å². The average Bonchev–Trinajstić information content (AvgIpc) is 2.92. The molecule has 1 fully saturated rings. The van der Waals surface area contributed by atoms with E-state index in [0.29, 0.717) is 0 Å². The van der Waals surface area contributed by atoms with Gasteiger partial charge in [0.25, 0.3) is 0 Å². The van der Waals surface area contributed by atoms with Crippen molar-refractivity contribution in [2.24, 2.45) is 0 Å². The van der Waals surface area contributed by atoms with E-state index >= 15 is 0 Å². The van der Waals surface area contributed by atoms with Crippen LogP contribution in [0.25, 0.3) is 0 Å². The molecule has 2 aliphatic rings. The lowest BCUT2D eigenvalue weighted by molar-refractivity contribution is -0.134. The van der Waals surface area contributed by atoms with E-state index in [1.165, 1.54) is 19.2 Å². The van der Waals surface area contributed by atoms with Gasteiger partial charge in [0.15, 0.2) is 0 Å². The lowest BCUT2D eigenvalue weighted by Gasteiger charge is -2.38. The topological polar surface area (TPSA) is 73.9 Å². The van der Waals surface area contributed by atoms with Crippen molar-refractivity contribution in [1.82, 2.24) is 20.4 Å². The highest BCUT2D eigenvalue weighted by molar-refractivity contribution is 5.82. The van der Waals surface area contributed by atoms with Crippen LogP contribution in [0.4, 0.5) is 4.79 Å². The molecule has 0 bridgehead atoms. The van der Waals surface area contributed by atoms with Crippen LogP contribution in [0.15, 0.2) is 11.9 Å². The number of carbonyl (C=O) groups is 2. The number of hydrogen-bond donors (Lipinski definition) is 2. The maximum absolute atomic E-state index is 12.4. The fourth-order valence-electron chi connectivity index (χ4n) is 3.06. The Labute approximate surface area is 151 Å². The first-order chi connectivity index (χ1) is 11.9. The van der Waals surface area contributed by atoms with Crippen molar-refractivity contribution in [1.29, 1.82) is 0 Å². The third-order valence-corrected chi connectivity index (χ3v) is 4.52. The molecule has 2 aliphatic heterocycles. The van der Waals surface area contributed by atoms with Gasteiger partial charge >= 0.3 is 6.09 Å². The number of amides is 2. The molecule has 2 N–H and O–H groups in total. The number of ether oxygens (including phenoxy) is 1. The van der Waals surface area contributed by atoms with Gasteiger partial charge in [-0.2, -0.15) is 0 Å². The van der Waals surface area contributed by atoms with Gasteiger partial charge in [0, 0.05) is 38.0 Å². The minimum atomic E-state index is -0.570. The van der Waals surface area contributed by atoms with Crippen molar-refractivity contribution in [3.05, 3.63) is 11.9 Å². The molecule has 0 aliphatic carbocycles. The van der Waals surface area contributed by atoms with Crippen LogP contribution in [-0.4, -0.2) is 61.3 Å². The largest absolute Gasteiger partial charge is 0.453 e. The Kier molecular flexibility index (Phi) is 9.16. The van der Waals surface area contributed by atoms with Gasteiger partial charge in [-0.3, -0.25) is 4.79 Å². The van der Waals surface area contributed by atoms with Gasteiger partial charge in [-0.25, -0.2) is 4.79 Å². The number of rotatable bonds is 4. The van der Waals surface area contributed by atoms with Crippen LogP contribution in [0.1, 0.15) is 52.9 Å². The Morgan fingerprint density at radius 2 is 2.04 bits per heavy atom. The summed E-state index contributed by atoms with van der Waals surface area (Å²) >= 11 is 0. The zero-order valence-electron chi connectivity index (χ0n) is 16.3. The fourth-order valence-corrected chi connectivity index (χ4v) is 3.06. The predicted molar refractivity (Wildman–Crippen MR) is 98.8 cm³/mol. The van der Waals surface area contributed by atoms with Crippen molar-refractivity contribution < 1.29 is 14.3 Å². The van der Waals surface area contributed by atoms with E-state index in [1.54, 1.807) is 0 Å². The summed E-state index contributed by atoms with van der Waals surface area (Å²) in [5.41, 5.74) is 1.20.